The average Bonchev–Trinajstić information content (AvgIpc) is 2.99. The summed E-state index contributed by atoms with van der Waals surface area (Å²) in [7, 11) is 1.56. The second-order valence-electron chi connectivity index (χ2n) is 13.5. The molecule has 1 aliphatic heterocycles. The molecule has 46 heavy (non-hydrogen) atoms. The van der Waals surface area contributed by atoms with Crippen LogP contribution in [0.5, 0.6) is 0 Å². The first kappa shape index (κ1) is 36.3. The lowest BCUT2D eigenvalue weighted by molar-refractivity contribution is -0.144. The zero-order valence-corrected chi connectivity index (χ0v) is 28.2. The van der Waals surface area contributed by atoms with Crippen molar-refractivity contribution in [1.29, 1.82) is 0 Å². The van der Waals surface area contributed by atoms with Crippen LogP contribution in [0.4, 0.5) is 0 Å². The molecule has 3 rings (SSSR count). The predicted molar refractivity (Wildman–Crippen MR) is 178 cm³/mol. The lowest BCUT2D eigenvalue weighted by atomic mass is 9.96. The molecule has 0 aliphatic carbocycles. The molecule has 1 saturated heterocycles. The van der Waals surface area contributed by atoms with Crippen LogP contribution in [0, 0.1) is 17.8 Å². The third-order valence-electron chi connectivity index (χ3n) is 8.16. The first-order valence-corrected chi connectivity index (χ1v) is 16.3. The van der Waals surface area contributed by atoms with Crippen molar-refractivity contribution in [3.63, 3.8) is 0 Å². The minimum atomic E-state index is -1.03. The van der Waals surface area contributed by atoms with Gasteiger partial charge in [-0.25, -0.2) is 0 Å². The number of rotatable bonds is 9. The molecule has 1 fully saturated rings. The van der Waals surface area contributed by atoms with Crippen LogP contribution in [0.2, 0.25) is 0 Å². The maximum atomic E-state index is 14.0. The van der Waals surface area contributed by atoms with E-state index in [1.54, 1.807) is 7.05 Å². The molecule has 2 aromatic carbocycles. The van der Waals surface area contributed by atoms with Crippen LogP contribution in [-0.2, 0) is 36.8 Å². The van der Waals surface area contributed by atoms with Crippen molar-refractivity contribution in [3.05, 3.63) is 71.8 Å². The maximum Gasteiger partial charge on any atom is 0.245 e. The van der Waals surface area contributed by atoms with E-state index in [0.29, 0.717) is 12.8 Å². The monoisotopic (exact) mass is 633 g/mol. The van der Waals surface area contributed by atoms with Crippen molar-refractivity contribution in [2.75, 3.05) is 7.05 Å². The largest absolute Gasteiger partial charge is 0.342 e. The zero-order valence-electron chi connectivity index (χ0n) is 28.2. The lowest BCUT2D eigenvalue weighted by Gasteiger charge is -2.34. The fraction of sp³-hybridized carbons (Fsp3) is 0.528. The Balaban J connectivity index is 2.12. The molecule has 250 valence electrons. The molecule has 2 aromatic rings. The molecular weight excluding hydrogens is 582 g/mol. The minimum Gasteiger partial charge on any atom is -0.342 e. The van der Waals surface area contributed by atoms with Gasteiger partial charge in [0.25, 0.3) is 0 Å². The second-order valence-corrected chi connectivity index (χ2v) is 13.5. The van der Waals surface area contributed by atoms with Crippen LogP contribution in [0.3, 0.4) is 0 Å². The third-order valence-corrected chi connectivity index (χ3v) is 8.16. The zero-order chi connectivity index (χ0) is 34.0. The molecule has 0 bridgehead atoms. The highest BCUT2D eigenvalue weighted by atomic mass is 16.2. The van der Waals surface area contributed by atoms with Crippen LogP contribution < -0.4 is 21.3 Å². The van der Waals surface area contributed by atoms with Gasteiger partial charge < -0.3 is 26.2 Å². The third kappa shape index (κ3) is 10.4. The number of likely N-dealkylation sites (N-methyl/N-ethyl adjacent to an activating group) is 1. The summed E-state index contributed by atoms with van der Waals surface area (Å²) < 4.78 is 0. The number of amides is 5. The van der Waals surface area contributed by atoms with Crippen LogP contribution in [0.15, 0.2) is 60.7 Å². The summed E-state index contributed by atoms with van der Waals surface area (Å²) in [5, 5.41) is 11.6. The summed E-state index contributed by atoms with van der Waals surface area (Å²) in [6, 6.07) is 13.8. The lowest BCUT2D eigenvalue weighted by Crippen LogP contribution is -2.59. The van der Waals surface area contributed by atoms with E-state index in [4.69, 9.17) is 0 Å². The molecule has 10 heteroatoms. The number of nitrogens with zero attached hydrogens (tertiary/aromatic N) is 1. The smallest absolute Gasteiger partial charge is 0.245 e. The van der Waals surface area contributed by atoms with Crippen LogP contribution in [0.1, 0.15) is 65.5 Å². The standard InChI is InChI=1S/C36H51N5O5/c1-22(2)18-27-32(42)37-28(20-25-14-10-8-11-15-25)33(43)38-29(21-26-16-12-9-13-17-26)34(44)40-30(19-23(3)4)36(46)41(7)31(24(5)6)35(45)39-27/h8-17,22-24,27-31H,18-21H2,1-7H3,(H,37,42)(H,38,43)(H,39,45)(H,40,44)/t27-,28-,29+,30-,31-/m0/s1. The molecule has 0 spiro atoms. The summed E-state index contributed by atoms with van der Waals surface area (Å²) >= 11 is 0. The van der Waals surface area contributed by atoms with Gasteiger partial charge in [0.15, 0.2) is 0 Å². The number of carbonyl (C=O) groups excluding carboxylic acids is 5. The molecule has 4 N–H and O–H groups in total. The number of benzene rings is 2. The summed E-state index contributed by atoms with van der Waals surface area (Å²) in [4.78, 5) is 71.0. The molecule has 10 nitrogen and oxygen atoms in total. The van der Waals surface area contributed by atoms with Gasteiger partial charge in [-0.15, -0.1) is 0 Å². The molecule has 5 amide bonds. The first-order valence-electron chi connectivity index (χ1n) is 16.3. The van der Waals surface area contributed by atoms with E-state index >= 15 is 0 Å². The summed E-state index contributed by atoms with van der Waals surface area (Å²) in [6.07, 6.45) is 1.01. The Labute approximate surface area is 273 Å². The molecule has 5 atom stereocenters. The molecule has 1 aliphatic rings. The Morgan fingerprint density at radius 3 is 1.33 bits per heavy atom. The van der Waals surface area contributed by atoms with Crippen molar-refractivity contribution in [3.8, 4) is 0 Å². The van der Waals surface area contributed by atoms with Crippen LogP contribution in [-0.4, -0.2) is 71.7 Å². The molecule has 0 saturated carbocycles. The fourth-order valence-corrected chi connectivity index (χ4v) is 5.90. The summed E-state index contributed by atoms with van der Waals surface area (Å²) in [5.41, 5.74) is 1.64. The van der Waals surface area contributed by atoms with E-state index in [1.165, 1.54) is 4.90 Å². The van der Waals surface area contributed by atoms with Gasteiger partial charge in [-0.05, 0) is 41.7 Å². The van der Waals surface area contributed by atoms with Crippen molar-refractivity contribution >= 4 is 29.5 Å². The normalized spacial score (nSPS) is 23.8. The molecule has 0 aromatic heterocycles. The molecule has 1 heterocycles. The Hall–Kier alpha value is -4.21. The van der Waals surface area contributed by atoms with E-state index in [1.807, 2.05) is 102 Å². The van der Waals surface area contributed by atoms with Gasteiger partial charge in [-0.3, -0.25) is 24.0 Å². The number of hydrogen-bond donors (Lipinski definition) is 4. The van der Waals surface area contributed by atoms with Crippen molar-refractivity contribution < 1.29 is 24.0 Å². The van der Waals surface area contributed by atoms with E-state index in [-0.39, 0.29) is 30.6 Å². The van der Waals surface area contributed by atoms with Crippen molar-refractivity contribution in [2.24, 2.45) is 17.8 Å². The van der Waals surface area contributed by atoms with E-state index in [9.17, 15) is 24.0 Å². The SMILES string of the molecule is CC(C)C[C@@H]1NC(=O)[C@H](C(C)C)N(C)C(=O)[C@H](CC(C)C)NC(=O)[C@@H](Cc2ccccc2)NC(=O)[C@H](Cc2ccccc2)NC1=O. The second kappa shape index (κ2) is 16.9. The Kier molecular flexibility index (Phi) is 13.3. The highest BCUT2D eigenvalue weighted by Crippen LogP contribution is 2.17. The van der Waals surface area contributed by atoms with Gasteiger partial charge in [-0.1, -0.05) is 102 Å². The van der Waals surface area contributed by atoms with Crippen LogP contribution in [0.25, 0.3) is 0 Å². The van der Waals surface area contributed by atoms with Crippen molar-refractivity contribution in [1.82, 2.24) is 26.2 Å². The van der Waals surface area contributed by atoms with E-state index < -0.39 is 59.7 Å². The quantitative estimate of drug-likeness (QED) is 0.337. The Morgan fingerprint density at radius 1 is 0.543 bits per heavy atom. The van der Waals surface area contributed by atoms with Gasteiger partial charge in [0.05, 0.1) is 0 Å². The Morgan fingerprint density at radius 2 is 0.913 bits per heavy atom. The van der Waals surface area contributed by atoms with E-state index in [0.717, 1.165) is 11.1 Å². The first-order chi connectivity index (χ1) is 21.8. The number of nitrogens with one attached hydrogen (secondary N) is 4. The van der Waals surface area contributed by atoms with Crippen LogP contribution >= 0.6 is 0 Å². The molecule has 0 unspecified atom stereocenters. The van der Waals surface area contributed by atoms with E-state index in [2.05, 4.69) is 21.3 Å². The topological polar surface area (TPSA) is 137 Å². The van der Waals surface area contributed by atoms with Gasteiger partial charge in [0, 0.05) is 19.9 Å². The number of carbonyl (C=O) groups is 5. The fourth-order valence-electron chi connectivity index (χ4n) is 5.90. The Bertz CT molecular complexity index is 1330. The van der Waals surface area contributed by atoms with Crippen molar-refractivity contribution in [2.45, 2.75) is 97.4 Å². The predicted octanol–water partition coefficient (Wildman–Crippen LogP) is 3.00. The maximum absolute atomic E-state index is 14.0. The highest BCUT2D eigenvalue weighted by Gasteiger charge is 2.38. The molecule has 0 radical (unpaired) electrons. The number of hydrogen-bond acceptors (Lipinski definition) is 5. The van der Waals surface area contributed by atoms with Gasteiger partial charge in [-0.2, -0.15) is 0 Å². The minimum absolute atomic E-state index is 0.0453. The highest BCUT2D eigenvalue weighted by molar-refractivity contribution is 5.98. The van der Waals surface area contributed by atoms with Gasteiger partial charge in [0.1, 0.15) is 30.2 Å². The molecular formula is C36H51N5O5. The average molecular weight is 634 g/mol. The summed E-state index contributed by atoms with van der Waals surface area (Å²) in [6.45, 7) is 11.5. The van der Waals surface area contributed by atoms with Gasteiger partial charge >= 0.3 is 0 Å². The summed E-state index contributed by atoms with van der Waals surface area (Å²) in [5.74, 6) is -2.65. The van der Waals surface area contributed by atoms with Gasteiger partial charge in [0.2, 0.25) is 29.5 Å².